The largest absolute Gasteiger partial charge is 0.494 e. The number of benzene rings is 3. The molecule has 0 radical (unpaired) electrons. The smallest absolute Gasteiger partial charge is 0.343 e. The van der Waals surface area contributed by atoms with Crippen LogP contribution < -0.4 is 14.2 Å². The molecule has 1 fully saturated rings. The molecule has 1 aliphatic carbocycles. The Bertz CT molecular complexity index is 1500. The van der Waals surface area contributed by atoms with E-state index in [9.17, 15) is 19.2 Å². The van der Waals surface area contributed by atoms with Crippen molar-refractivity contribution < 1.29 is 42.9 Å². The molecule has 3 aromatic carbocycles. The van der Waals surface area contributed by atoms with E-state index >= 15 is 0 Å². The van der Waals surface area contributed by atoms with E-state index in [0.29, 0.717) is 48.9 Å². The average Bonchev–Trinajstić information content (AvgIpc) is 3.07. The fraction of sp³-hybridized carbons (Fsp3) is 0.297. The second-order valence-electron chi connectivity index (χ2n) is 10.8. The van der Waals surface area contributed by atoms with E-state index in [1.54, 1.807) is 72.8 Å². The van der Waals surface area contributed by atoms with Crippen molar-refractivity contribution in [3.8, 4) is 28.4 Å². The van der Waals surface area contributed by atoms with Crippen molar-refractivity contribution in [2.24, 2.45) is 0 Å². The highest BCUT2D eigenvalue weighted by Crippen LogP contribution is 2.25. The Morgan fingerprint density at radius 1 is 0.717 bits per heavy atom. The van der Waals surface area contributed by atoms with Crippen molar-refractivity contribution in [2.75, 3.05) is 13.2 Å². The number of hydrogen-bond acceptors (Lipinski definition) is 9. The van der Waals surface area contributed by atoms with E-state index in [4.69, 9.17) is 23.7 Å². The van der Waals surface area contributed by atoms with Crippen LogP contribution in [0.15, 0.2) is 97.6 Å². The van der Waals surface area contributed by atoms with Crippen molar-refractivity contribution in [3.63, 3.8) is 0 Å². The molecule has 4 rings (SSSR count). The molecule has 0 N–H and O–H groups in total. The number of carbonyl (C=O) groups excluding carboxylic acids is 4. The number of hydrogen-bond donors (Lipinski definition) is 0. The van der Waals surface area contributed by atoms with Crippen LogP contribution in [0.3, 0.4) is 0 Å². The molecule has 0 unspecified atom stereocenters. The standard InChI is InChI=1S/C37H38O9/c1-3-34(38)43-24-8-7-23-42-30-19-21-33(22-20-30)46-37(41)29-13-11-27(12-14-29)28-15-17-32(18-16-28)45-36(40)26(2)25-35(39)44-31-9-5-4-6-10-31/h3,11-22,31H,1-2,4-10,23-25H2. The fourth-order valence-electron chi connectivity index (χ4n) is 4.75. The predicted molar refractivity (Wildman–Crippen MR) is 172 cm³/mol. The van der Waals surface area contributed by atoms with Crippen LogP contribution in [0.25, 0.3) is 11.1 Å². The van der Waals surface area contributed by atoms with E-state index in [0.717, 1.165) is 49.3 Å². The molecule has 0 bridgehead atoms. The Morgan fingerprint density at radius 3 is 1.93 bits per heavy atom. The Kier molecular flexibility index (Phi) is 12.7. The maximum Gasteiger partial charge on any atom is 0.343 e. The van der Waals surface area contributed by atoms with Crippen LogP contribution in [0.2, 0.25) is 0 Å². The van der Waals surface area contributed by atoms with Crippen LogP contribution in [0.4, 0.5) is 0 Å². The van der Waals surface area contributed by atoms with Crippen LogP contribution in [0, 0.1) is 0 Å². The minimum absolute atomic E-state index is 0.0362. The molecule has 0 heterocycles. The first-order valence-electron chi connectivity index (χ1n) is 15.3. The summed E-state index contributed by atoms with van der Waals surface area (Å²) in [5, 5.41) is 0. The van der Waals surface area contributed by atoms with E-state index < -0.39 is 23.9 Å². The lowest BCUT2D eigenvalue weighted by molar-refractivity contribution is -0.150. The Morgan fingerprint density at radius 2 is 1.28 bits per heavy atom. The molecule has 0 amide bonds. The summed E-state index contributed by atoms with van der Waals surface area (Å²) in [5.41, 5.74) is 2.12. The molecule has 46 heavy (non-hydrogen) atoms. The lowest BCUT2D eigenvalue weighted by atomic mass is 9.98. The van der Waals surface area contributed by atoms with Crippen molar-refractivity contribution in [2.45, 2.75) is 57.5 Å². The summed E-state index contributed by atoms with van der Waals surface area (Å²) >= 11 is 0. The summed E-state index contributed by atoms with van der Waals surface area (Å²) in [4.78, 5) is 48.3. The second-order valence-corrected chi connectivity index (χ2v) is 10.8. The first-order valence-corrected chi connectivity index (χ1v) is 15.3. The third kappa shape index (κ3) is 10.8. The summed E-state index contributed by atoms with van der Waals surface area (Å²) < 4.78 is 26.9. The van der Waals surface area contributed by atoms with Crippen LogP contribution >= 0.6 is 0 Å². The predicted octanol–water partition coefficient (Wildman–Crippen LogP) is 7.19. The zero-order valence-electron chi connectivity index (χ0n) is 25.7. The number of rotatable bonds is 15. The van der Waals surface area contributed by atoms with Gasteiger partial charge in [0.1, 0.15) is 23.4 Å². The van der Waals surface area contributed by atoms with Crippen LogP contribution in [0.5, 0.6) is 17.2 Å². The third-order valence-corrected chi connectivity index (χ3v) is 7.27. The average molecular weight is 627 g/mol. The molecule has 0 spiro atoms. The maximum atomic E-state index is 12.7. The van der Waals surface area contributed by atoms with Gasteiger partial charge in [-0.3, -0.25) is 4.79 Å². The van der Waals surface area contributed by atoms with E-state index in [1.807, 2.05) is 0 Å². The quantitative estimate of drug-likeness (QED) is 0.0748. The Balaban J connectivity index is 1.20. The van der Waals surface area contributed by atoms with Gasteiger partial charge < -0.3 is 23.7 Å². The van der Waals surface area contributed by atoms with Gasteiger partial charge in [0.05, 0.1) is 25.2 Å². The molecule has 240 valence electrons. The molecule has 0 aliphatic heterocycles. The Hall–Kier alpha value is -5.18. The van der Waals surface area contributed by atoms with E-state index in [1.165, 1.54) is 0 Å². The topological polar surface area (TPSA) is 114 Å². The van der Waals surface area contributed by atoms with Gasteiger partial charge in [0, 0.05) is 11.6 Å². The third-order valence-electron chi connectivity index (χ3n) is 7.27. The molecule has 0 aromatic heterocycles. The van der Waals surface area contributed by atoms with Crippen molar-refractivity contribution in [1.29, 1.82) is 0 Å². The van der Waals surface area contributed by atoms with Gasteiger partial charge in [-0.2, -0.15) is 0 Å². The normalized spacial score (nSPS) is 12.8. The first kappa shape index (κ1) is 33.7. The molecule has 1 aliphatic rings. The van der Waals surface area contributed by atoms with Gasteiger partial charge in [-0.25, -0.2) is 14.4 Å². The molecule has 0 saturated heterocycles. The molecular weight excluding hydrogens is 588 g/mol. The summed E-state index contributed by atoms with van der Waals surface area (Å²) in [7, 11) is 0. The van der Waals surface area contributed by atoms with Gasteiger partial charge in [0.15, 0.2) is 0 Å². The second kappa shape index (κ2) is 17.3. The highest BCUT2D eigenvalue weighted by molar-refractivity contribution is 5.94. The lowest BCUT2D eigenvalue weighted by Gasteiger charge is -2.21. The molecule has 0 atom stereocenters. The number of carbonyl (C=O) groups is 4. The van der Waals surface area contributed by atoms with Gasteiger partial charge in [-0.15, -0.1) is 0 Å². The van der Waals surface area contributed by atoms with Gasteiger partial charge in [0.25, 0.3) is 0 Å². The maximum absolute atomic E-state index is 12.7. The van der Waals surface area contributed by atoms with Crippen LogP contribution in [0.1, 0.15) is 61.7 Å². The fourth-order valence-corrected chi connectivity index (χ4v) is 4.75. The summed E-state index contributed by atoms with van der Waals surface area (Å²) in [5.74, 6) is -0.755. The van der Waals surface area contributed by atoms with Gasteiger partial charge in [-0.1, -0.05) is 43.8 Å². The SMILES string of the molecule is C=CC(=O)OCCCCOc1ccc(OC(=O)c2ccc(-c3ccc(OC(=O)C(=C)CC(=O)OC4CCCCC4)cc3)cc2)cc1. The molecular formula is C37H38O9. The molecule has 9 nitrogen and oxygen atoms in total. The zero-order chi connectivity index (χ0) is 32.7. The van der Waals surface area contributed by atoms with Gasteiger partial charge >= 0.3 is 23.9 Å². The minimum Gasteiger partial charge on any atom is -0.494 e. The highest BCUT2D eigenvalue weighted by atomic mass is 16.6. The number of esters is 4. The summed E-state index contributed by atoms with van der Waals surface area (Å²) in [6.45, 7) is 7.81. The van der Waals surface area contributed by atoms with E-state index in [-0.39, 0.29) is 18.1 Å². The molecule has 3 aromatic rings. The van der Waals surface area contributed by atoms with Crippen molar-refractivity contribution >= 4 is 23.9 Å². The number of unbranched alkanes of at least 4 members (excludes halogenated alkanes) is 1. The highest BCUT2D eigenvalue weighted by Gasteiger charge is 2.21. The minimum atomic E-state index is -0.681. The lowest BCUT2D eigenvalue weighted by Crippen LogP contribution is -2.22. The van der Waals surface area contributed by atoms with Gasteiger partial charge in [-0.05, 0) is 98.2 Å². The molecule has 9 heteroatoms. The van der Waals surface area contributed by atoms with Crippen LogP contribution in [-0.4, -0.2) is 43.2 Å². The summed E-state index contributed by atoms with van der Waals surface area (Å²) in [6.07, 6.45) is 7.18. The Labute approximate surface area is 268 Å². The molecule has 1 saturated carbocycles. The van der Waals surface area contributed by atoms with E-state index in [2.05, 4.69) is 13.2 Å². The van der Waals surface area contributed by atoms with Gasteiger partial charge in [0.2, 0.25) is 0 Å². The summed E-state index contributed by atoms with van der Waals surface area (Å²) in [6, 6.07) is 20.6. The zero-order valence-corrected chi connectivity index (χ0v) is 25.7. The van der Waals surface area contributed by atoms with Crippen LogP contribution in [-0.2, 0) is 23.9 Å². The first-order chi connectivity index (χ1) is 22.3. The van der Waals surface area contributed by atoms with Crippen molar-refractivity contribution in [3.05, 3.63) is 103 Å². The number of ether oxygens (including phenoxy) is 5. The van der Waals surface area contributed by atoms with Crippen molar-refractivity contribution in [1.82, 2.24) is 0 Å². The monoisotopic (exact) mass is 626 g/mol.